The van der Waals surface area contributed by atoms with Gasteiger partial charge in [0.05, 0.1) is 12.0 Å². The van der Waals surface area contributed by atoms with E-state index in [4.69, 9.17) is 9.47 Å². The Balaban J connectivity index is 1.72. The van der Waals surface area contributed by atoms with E-state index < -0.39 is 5.41 Å². The average Bonchev–Trinajstić information content (AvgIpc) is 3.16. The molecular formula is C20H26FNO4. The fraction of sp³-hybridized carbons (Fsp3) is 0.600. The van der Waals surface area contributed by atoms with Crippen molar-refractivity contribution in [2.75, 3.05) is 26.3 Å². The molecule has 26 heavy (non-hydrogen) atoms. The molecule has 1 atom stereocenters. The molecule has 0 aliphatic carbocycles. The maximum atomic E-state index is 13.6. The topological polar surface area (TPSA) is 55.8 Å². The Labute approximate surface area is 153 Å². The fourth-order valence-electron chi connectivity index (χ4n) is 3.91. The van der Waals surface area contributed by atoms with Gasteiger partial charge in [0, 0.05) is 19.7 Å². The number of likely N-dealkylation sites (tertiary alicyclic amines) is 1. The summed E-state index contributed by atoms with van der Waals surface area (Å²) in [5.41, 5.74) is 0.0638. The van der Waals surface area contributed by atoms with Crippen LogP contribution in [0.2, 0.25) is 0 Å². The predicted molar refractivity (Wildman–Crippen MR) is 94.0 cm³/mol. The monoisotopic (exact) mass is 363 g/mol. The van der Waals surface area contributed by atoms with E-state index in [-0.39, 0.29) is 23.8 Å². The van der Waals surface area contributed by atoms with Crippen LogP contribution in [0, 0.1) is 11.2 Å². The Kier molecular flexibility index (Phi) is 5.91. The van der Waals surface area contributed by atoms with E-state index in [1.165, 1.54) is 12.1 Å². The lowest BCUT2D eigenvalue weighted by molar-refractivity contribution is -0.161. The summed E-state index contributed by atoms with van der Waals surface area (Å²) in [6, 6.07) is 6.34. The molecule has 0 spiro atoms. The van der Waals surface area contributed by atoms with Crippen LogP contribution < -0.4 is 0 Å². The molecule has 6 heteroatoms. The van der Waals surface area contributed by atoms with Gasteiger partial charge in [-0.15, -0.1) is 0 Å². The molecule has 142 valence electrons. The van der Waals surface area contributed by atoms with Gasteiger partial charge in [-0.1, -0.05) is 12.1 Å². The minimum Gasteiger partial charge on any atom is -0.466 e. The van der Waals surface area contributed by atoms with Crippen LogP contribution >= 0.6 is 0 Å². The zero-order valence-corrected chi connectivity index (χ0v) is 15.2. The summed E-state index contributed by atoms with van der Waals surface area (Å²) in [6.07, 6.45) is 2.79. The lowest BCUT2D eigenvalue weighted by atomic mass is 9.73. The van der Waals surface area contributed by atoms with Crippen molar-refractivity contribution in [1.29, 1.82) is 0 Å². The Bertz CT molecular complexity index is 649. The van der Waals surface area contributed by atoms with E-state index >= 15 is 0 Å². The summed E-state index contributed by atoms with van der Waals surface area (Å²) >= 11 is 0. The van der Waals surface area contributed by atoms with Crippen LogP contribution in [0.4, 0.5) is 4.39 Å². The maximum absolute atomic E-state index is 13.6. The second kappa shape index (κ2) is 8.16. The van der Waals surface area contributed by atoms with Crippen molar-refractivity contribution in [3.63, 3.8) is 0 Å². The summed E-state index contributed by atoms with van der Waals surface area (Å²) in [5, 5.41) is 0. The highest BCUT2D eigenvalue weighted by molar-refractivity contribution is 5.82. The summed E-state index contributed by atoms with van der Waals surface area (Å²) in [5.74, 6) is -0.549. The molecule has 0 radical (unpaired) electrons. The van der Waals surface area contributed by atoms with E-state index in [1.54, 1.807) is 17.9 Å². The summed E-state index contributed by atoms with van der Waals surface area (Å²) < 4.78 is 24.4. The third kappa shape index (κ3) is 4.06. The number of carbonyl (C=O) groups excluding carboxylic acids is 2. The number of rotatable bonds is 5. The summed E-state index contributed by atoms with van der Waals surface area (Å²) in [6.45, 7) is 3.71. The smallest absolute Gasteiger partial charge is 0.312 e. The first-order valence-electron chi connectivity index (χ1n) is 9.36. The maximum Gasteiger partial charge on any atom is 0.312 e. The molecule has 0 aromatic heterocycles. The van der Waals surface area contributed by atoms with E-state index in [1.807, 2.05) is 6.07 Å². The number of benzene rings is 1. The van der Waals surface area contributed by atoms with Gasteiger partial charge >= 0.3 is 5.97 Å². The van der Waals surface area contributed by atoms with E-state index in [0.29, 0.717) is 45.6 Å². The largest absolute Gasteiger partial charge is 0.466 e. The normalized spacial score (nSPS) is 22.2. The molecule has 1 amide bonds. The van der Waals surface area contributed by atoms with E-state index in [2.05, 4.69) is 0 Å². The van der Waals surface area contributed by atoms with Gasteiger partial charge in [-0.25, -0.2) is 4.39 Å². The molecule has 0 bridgehead atoms. The molecule has 0 saturated carbocycles. The number of piperidine rings is 1. The molecule has 2 aliphatic heterocycles. The van der Waals surface area contributed by atoms with Gasteiger partial charge in [-0.3, -0.25) is 9.59 Å². The van der Waals surface area contributed by atoms with Crippen LogP contribution in [0.15, 0.2) is 24.3 Å². The van der Waals surface area contributed by atoms with Crippen molar-refractivity contribution in [2.24, 2.45) is 5.41 Å². The van der Waals surface area contributed by atoms with Gasteiger partial charge in [0.15, 0.2) is 0 Å². The number of hydrogen-bond donors (Lipinski definition) is 0. The number of carbonyl (C=O) groups is 2. The number of ether oxygens (including phenoxy) is 2. The van der Waals surface area contributed by atoms with Crippen LogP contribution in [-0.2, 0) is 25.5 Å². The predicted octanol–water partition coefficient (Wildman–Crippen LogP) is 2.72. The second-order valence-corrected chi connectivity index (χ2v) is 7.13. The minimum absolute atomic E-state index is 0.0192. The van der Waals surface area contributed by atoms with Crippen molar-refractivity contribution < 1.29 is 23.5 Å². The molecule has 1 aromatic carbocycles. The van der Waals surface area contributed by atoms with Crippen molar-refractivity contribution in [1.82, 2.24) is 4.90 Å². The Morgan fingerprint density at radius 3 is 2.73 bits per heavy atom. The molecular weight excluding hydrogens is 337 g/mol. The number of hydrogen-bond acceptors (Lipinski definition) is 4. The van der Waals surface area contributed by atoms with Crippen molar-refractivity contribution in [3.8, 4) is 0 Å². The number of nitrogens with zero attached hydrogens (tertiary/aromatic N) is 1. The van der Waals surface area contributed by atoms with Crippen LogP contribution in [0.25, 0.3) is 0 Å². The fourth-order valence-corrected chi connectivity index (χ4v) is 3.91. The van der Waals surface area contributed by atoms with Gasteiger partial charge in [0.1, 0.15) is 11.9 Å². The Morgan fingerprint density at radius 2 is 2.12 bits per heavy atom. The first kappa shape index (κ1) is 18.8. The molecule has 2 saturated heterocycles. The van der Waals surface area contributed by atoms with E-state index in [0.717, 1.165) is 18.4 Å². The standard InChI is InChI=1S/C20H26FNO4/c1-2-25-19(24)20(14-15-5-3-6-16(21)13-15)8-10-22(11-9-20)18(23)17-7-4-12-26-17/h3,5-6,13,17H,2,4,7-12,14H2,1H3/t17-/m0/s1. The molecule has 3 rings (SSSR count). The van der Waals surface area contributed by atoms with Crippen molar-refractivity contribution in [2.45, 2.75) is 45.1 Å². The van der Waals surface area contributed by atoms with Crippen molar-refractivity contribution in [3.05, 3.63) is 35.6 Å². The Morgan fingerprint density at radius 1 is 1.35 bits per heavy atom. The van der Waals surface area contributed by atoms with Crippen LogP contribution in [0.3, 0.4) is 0 Å². The third-order valence-corrected chi connectivity index (χ3v) is 5.38. The SMILES string of the molecule is CCOC(=O)C1(Cc2cccc(F)c2)CCN(C(=O)[C@@H]2CCCO2)CC1. The highest BCUT2D eigenvalue weighted by atomic mass is 19.1. The lowest BCUT2D eigenvalue weighted by Gasteiger charge is -2.40. The average molecular weight is 363 g/mol. The molecule has 2 aliphatic rings. The minimum atomic E-state index is -0.711. The molecule has 2 fully saturated rings. The lowest BCUT2D eigenvalue weighted by Crippen LogP contribution is -2.50. The highest BCUT2D eigenvalue weighted by Gasteiger charge is 2.44. The van der Waals surface area contributed by atoms with Crippen LogP contribution in [-0.4, -0.2) is 49.2 Å². The number of halogens is 1. The molecule has 0 N–H and O–H groups in total. The highest BCUT2D eigenvalue weighted by Crippen LogP contribution is 2.37. The number of esters is 1. The molecule has 5 nitrogen and oxygen atoms in total. The van der Waals surface area contributed by atoms with Crippen molar-refractivity contribution >= 4 is 11.9 Å². The zero-order valence-electron chi connectivity index (χ0n) is 15.2. The second-order valence-electron chi connectivity index (χ2n) is 7.13. The molecule has 2 heterocycles. The van der Waals surface area contributed by atoms with Crippen LogP contribution in [0.1, 0.15) is 38.2 Å². The quantitative estimate of drug-likeness (QED) is 0.755. The third-order valence-electron chi connectivity index (χ3n) is 5.38. The zero-order chi connectivity index (χ0) is 18.6. The molecule has 1 aromatic rings. The van der Waals surface area contributed by atoms with Gasteiger partial charge in [-0.05, 0) is 56.7 Å². The van der Waals surface area contributed by atoms with E-state index in [9.17, 15) is 14.0 Å². The van der Waals surface area contributed by atoms with Gasteiger partial charge in [0.2, 0.25) is 0 Å². The van der Waals surface area contributed by atoms with Gasteiger partial charge in [0.25, 0.3) is 5.91 Å². The first-order valence-corrected chi connectivity index (χ1v) is 9.36. The first-order chi connectivity index (χ1) is 12.5. The van der Waals surface area contributed by atoms with Crippen LogP contribution in [0.5, 0.6) is 0 Å². The Hall–Kier alpha value is -1.95. The van der Waals surface area contributed by atoms with Gasteiger partial charge in [-0.2, -0.15) is 0 Å². The van der Waals surface area contributed by atoms with Gasteiger partial charge < -0.3 is 14.4 Å². The summed E-state index contributed by atoms with van der Waals surface area (Å²) in [4.78, 5) is 27.0. The number of amides is 1. The molecule has 0 unspecified atom stereocenters. The summed E-state index contributed by atoms with van der Waals surface area (Å²) in [7, 11) is 0.